The van der Waals surface area contributed by atoms with Crippen molar-refractivity contribution in [3.05, 3.63) is 29.3 Å². The number of hydrogen-bond acceptors (Lipinski definition) is 4. The highest BCUT2D eigenvalue weighted by atomic mass is 16.5. The SMILES string of the molecule is CNC1c2cc(OC)ccc2CC1OCCOC(C)C. The lowest BCUT2D eigenvalue weighted by atomic mass is 10.1. The van der Waals surface area contributed by atoms with Gasteiger partial charge in [-0.3, -0.25) is 0 Å². The molecule has 0 radical (unpaired) electrons. The molecule has 0 spiro atoms. The van der Waals surface area contributed by atoms with E-state index in [-0.39, 0.29) is 18.2 Å². The van der Waals surface area contributed by atoms with Crippen LogP contribution in [0.15, 0.2) is 18.2 Å². The first kappa shape index (κ1) is 15.3. The van der Waals surface area contributed by atoms with Crippen molar-refractivity contribution in [2.45, 2.75) is 38.5 Å². The normalized spacial score (nSPS) is 21.2. The molecular formula is C16H25NO3. The fourth-order valence-corrected chi connectivity index (χ4v) is 2.69. The van der Waals surface area contributed by atoms with E-state index < -0.39 is 0 Å². The Balaban J connectivity index is 1.96. The lowest BCUT2D eigenvalue weighted by Gasteiger charge is -2.21. The first-order valence-corrected chi connectivity index (χ1v) is 7.23. The lowest BCUT2D eigenvalue weighted by Crippen LogP contribution is -2.29. The molecule has 0 aromatic heterocycles. The maximum atomic E-state index is 5.98. The van der Waals surface area contributed by atoms with E-state index in [0.717, 1.165) is 12.2 Å². The van der Waals surface area contributed by atoms with Crippen molar-refractivity contribution in [3.63, 3.8) is 0 Å². The smallest absolute Gasteiger partial charge is 0.119 e. The van der Waals surface area contributed by atoms with Gasteiger partial charge in [0, 0.05) is 6.42 Å². The van der Waals surface area contributed by atoms with Gasteiger partial charge in [-0.1, -0.05) is 6.07 Å². The summed E-state index contributed by atoms with van der Waals surface area (Å²) in [6.07, 6.45) is 1.36. The Morgan fingerprint density at radius 3 is 2.75 bits per heavy atom. The van der Waals surface area contributed by atoms with E-state index in [0.29, 0.717) is 13.2 Å². The lowest BCUT2D eigenvalue weighted by molar-refractivity contribution is -0.0201. The summed E-state index contributed by atoms with van der Waals surface area (Å²) in [5.74, 6) is 0.896. The number of ether oxygens (including phenoxy) is 3. The zero-order valence-electron chi connectivity index (χ0n) is 12.8. The summed E-state index contributed by atoms with van der Waals surface area (Å²) in [5, 5.41) is 3.35. The third-order valence-electron chi connectivity index (χ3n) is 3.66. The van der Waals surface area contributed by atoms with Crippen molar-refractivity contribution < 1.29 is 14.2 Å². The summed E-state index contributed by atoms with van der Waals surface area (Å²) in [4.78, 5) is 0. The maximum absolute atomic E-state index is 5.98. The van der Waals surface area contributed by atoms with Gasteiger partial charge in [0.25, 0.3) is 0 Å². The molecule has 0 aliphatic heterocycles. The van der Waals surface area contributed by atoms with Crippen molar-refractivity contribution in [3.8, 4) is 5.75 Å². The molecule has 1 aromatic carbocycles. The van der Waals surface area contributed by atoms with E-state index >= 15 is 0 Å². The van der Waals surface area contributed by atoms with Gasteiger partial charge < -0.3 is 19.5 Å². The Kier molecular flexibility index (Phi) is 5.40. The molecule has 1 aliphatic rings. The Morgan fingerprint density at radius 1 is 1.30 bits per heavy atom. The van der Waals surface area contributed by atoms with Gasteiger partial charge in [0.2, 0.25) is 0 Å². The van der Waals surface area contributed by atoms with Crippen LogP contribution in [0.25, 0.3) is 0 Å². The number of hydrogen-bond donors (Lipinski definition) is 1. The van der Waals surface area contributed by atoms with Gasteiger partial charge in [0.05, 0.1) is 38.6 Å². The summed E-state index contributed by atoms with van der Waals surface area (Å²) in [6, 6.07) is 6.46. The van der Waals surface area contributed by atoms with Gasteiger partial charge in [-0.25, -0.2) is 0 Å². The summed E-state index contributed by atoms with van der Waals surface area (Å²) in [7, 11) is 3.67. The Labute approximate surface area is 121 Å². The Bertz CT molecular complexity index is 434. The maximum Gasteiger partial charge on any atom is 0.119 e. The highest BCUT2D eigenvalue weighted by Gasteiger charge is 2.32. The number of nitrogens with one attached hydrogen (secondary N) is 1. The van der Waals surface area contributed by atoms with E-state index in [4.69, 9.17) is 14.2 Å². The van der Waals surface area contributed by atoms with Gasteiger partial charge in [-0.15, -0.1) is 0 Å². The van der Waals surface area contributed by atoms with Crippen LogP contribution in [-0.2, 0) is 15.9 Å². The summed E-state index contributed by atoms with van der Waals surface area (Å²) in [5.41, 5.74) is 2.61. The van der Waals surface area contributed by atoms with Crippen LogP contribution < -0.4 is 10.1 Å². The average Bonchev–Trinajstić information content (AvgIpc) is 2.79. The van der Waals surface area contributed by atoms with Crippen LogP contribution in [-0.4, -0.2) is 39.6 Å². The van der Waals surface area contributed by atoms with E-state index in [1.54, 1.807) is 7.11 Å². The molecule has 4 heteroatoms. The minimum Gasteiger partial charge on any atom is -0.497 e. The van der Waals surface area contributed by atoms with Gasteiger partial charge in [-0.05, 0) is 44.2 Å². The molecule has 0 amide bonds. The quantitative estimate of drug-likeness (QED) is 0.778. The largest absolute Gasteiger partial charge is 0.497 e. The van der Waals surface area contributed by atoms with E-state index in [9.17, 15) is 0 Å². The van der Waals surface area contributed by atoms with Crippen LogP contribution in [0.2, 0.25) is 0 Å². The molecule has 1 aromatic rings. The first-order chi connectivity index (χ1) is 9.65. The highest BCUT2D eigenvalue weighted by molar-refractivity contribution is 5.42. The zero-order chi connectivity index (χ0) is 14.5. The number of fused-ring (bicyclic) bond motifs is 1. The average molecular weight is 279 g/mol. The molecule has 2 rings (SSSR count). The van der Waals surface area contributed by atoms with Crippen molar-refractivity contribution in [1.82, 2.24) is 5.32 Å². The fraction of sp³-hybridized carbons (Fsp3) is 0.625. The monoisotopic (exact) mass is 279 g/mol. The van der Waals surface area contributed by atoms with Gasteiger partial charge in [-0.2, -0.15) is 0 Å². The van der Waals surface area contributed by atoms with Crippen LogP contribution >= 0.6 is 0 Å². The molecular weight excluding hydrogens is 254 g/mol. The Morgan fingerprint density at radius 2 is 2.10 bits per heavy atom. The topological polar surface area (TPSA) is 39.7 Å². The molecule has 2 unspecified atom stereocenters. The second-order valence-electron chi connectivity index (χ2n) is 5.36. The zero-order valence-corrected chi connectivity index (χ0v) is 12.8. The second kappa shape index (κ2) is 7.07. The van der Waals surface area contributed by atoms with Crippen LogP contribution in [0.4, 0.5) is 0 Å². The van der Waals surface area contributed by atoms with Gasteiger partial charge >= 0.3 is 0 Å². The van der Waals surface area contributed by atoms with Crippen LogP contribution in [0.3, 0.4) is 0 Å². The van der Waals surface area contributed by atoms with Crippen molar-refractivity contribution in [1.29, 1.82) is 0 Å². The van der Waals surface area contributed by atoms with Crippen LogP contribution in [0, 0.1) is 0 Å². The molecule has 0 saturated carbocycles. The predicted octanol–water partition coefficient (Wildman–Crippen LogP) is 2.32. The van der Waals surface area contributed by atoms with E-state index in [2.05, 4.69) is 17.4 Å². The van der Waals surface area contributed by atoms with Crippen molar-refractivity contribution in [2.24, 2.45) is 0 Å². The van der Waals surface area contributed by atoms with Crippen LogP contribution in [0.5, 0.6) is 5.75 Å². The third kappa shape index (κ3) is 3.51. The molecule has 4 nitrogen and oxygen atoms in total. The number of methoxy groups -OCH3 is 1. The molecule has 0 fully saturated rings. The van der Waals surface area contributed by atoms with Crippen molar-refractivity contribution in [2.75, 3.05) is 27.4 Å². The van der Waals surface area contributed by atoms with Crippen molar-refractivity contribution >= 4 is 0 Å². The molecule has 0 saturated heterocycles. The van der Waals surface area contributed by atoms with Gasteiger partial charge in [0.15, 0.2) is 0 Å². The number of likely N-dealkylation sites (N-methyl/N-ethyl adjacent to an activating group) is 1. The minimum absolute atomic E-state index is 0.165. The second-order valence-corrected chi connectivity index (χ2v) is 5.36. The first-order valence-electron chi connectivity index (χ1n) is 7.23. The standard InChI is InChI=1S/C16H25NO3/c1-11(2)19-7-8-20-15-9-12-5-6-13(18-4)10-14(12)16(15)17-3/h5-6,10-11,15-17H,7-9H2,1-4H3. The molecule has 112 valence electrons. The molecule has 20 heavy (non-hydrogen) atoms. The van der Waals surface area contributed by atoms with E-state index in [1.807, 2.05) is 27.0 Å². The summed E-state index contributed by atoms with van der Waals surface area (Å²) in [6.45, 7) is 5.35. The molecule has 1 N–H and O–H groups in total. The molecule has 0 bridgehead atoms. The fourth-order valence-electron chi connectivity index (χ4n) is 2.69. The summed E-state index contributed by atoms with van der Waals surface area (Å²) >= 11 is 0. The third-order valence-corrected chi connectivity index (χ3v) is 3.66. The molecule has 1 aliphatic carbocycles. The van der Waals surface area contributed by atoms with Crippen LogP contribution in [0.1, 0.15) is 31.0 Å². The summed E-state index contributed by atoms with van der Waals surface area (Å²) < 4.78 is 16.8. The van der Waals surface area contributed by atoms with E-state index in [1.165, 1.54) is 11.1 Å². The molecule has 2 atom stereocenters. The molecule has 0 heterocycles. The predicted molar refractivity (Wildman–Crippen MR) is 79.3 cm³/mol. The van der Waals surface area contributed by atoms with Gasteiger partial charge in [0.1, 0.15) is 5.75 Å². The number of rotatable bonds is 7. The minimum atomic E-state index is 0.165. The Hall–Kier alpha value is -1.10. The number of benzene rings is 1. The highest BCUT2D eigenvalue weighted by Crippen LogP contribution is 2.35.